The highest BCUT2D eigenvalue weighted by molar-refractivity contribution is 9.10. The summed E-state index contributed by atoms with van der Waals surface area (Å²) in [4.78, 5) is 12.0. The van der Waals surface area contributed by atoms with Crippen LogP contribution >= 0.6 is 15.9 Å². The number of methoxy groups -OCH3 is 1. The van der Waals surface area contributed by atoms with Crippen LogP contribution in [0.1, 0.15) is 10.4 Å². The summed E-state index contributed by atoms with van der Waals surface area (Å²) in [5.41, 5.74) is 7.51. The first-order chi connectivity index (χ1) is 9.10. The van der Waals surface area contributed by atoms with Crippen molar-refractivity contribution >= 4 is 33.2 Å². The Labute approximate surface area is 119 Å². The Kier molecular flexibility index (Phi) is 4.06. The highest BCUT2D eigenvalue weighted by Gasteiger charge is 2.08. The molecule has 19 heavy (non-hydrogen) atoms. The zero-order valence-electron chi connectivity index (χ0n) is 10.3. The van der Waals surface area contributed by atoms with Crippen molar-refractivity contribution in [3.8, 4) is 5.75 Å². The smallest absolute Gasteiger partial charge is 0.255 e. The van der Waals surface area contributed by atoms with Crippen molar-refractivity contribution in [1.29, 1.82) is 0 Å². The maximum absolute atomic E-state index is 12.0. The third-order valence-electron chi connectivity index (χ3n) is 2.59. The van der Waals surface area contributed by atoms with Crippen molar-refractivity contribution < 1.29 is 9.53 Å². The summed E-state index contributed by atoms with van der Waals surface area (Å²) in [6, 6.07) is 12.1. The van der Waals surface area contributed by atoms with Gasteiger partial charge >= 0.3 is 0 Å². The molecular weight excluding hydrogens is 308 g/mol. The number of hydrogen-bond donors (Lipinski definition) is 2. The molecule has 5 heteroatoms. The van der Waals surface area contributed by atoms with Crippen molar-refractivity contribution in [3.63, 3.8) is 0 Å². The van der Waals surface area contributed by atoms with Crippen LogP contribution in [0.3, 0.4) is 0 Å². The minimum Gasteiger partial charge on any atom is -0.497 e. The number of carbonyl (C=O) groups excluding carboxylic acids is 1. The molecule has 0 bridgehead atoms. The fourth-order valence-corrected chi connectivity index (χ4v) is 2.07. The van der Waals surface area contributed by atoms with E-state index < -0.39 is 0 Å². The maximum Gasteiger partial charge on any atom is 0.255 e. The van der Waals surface area contributed by atoms with E-state index in [1.165, 1.54) is 0 Å². The lowest BCUT2D eigenvalue weighted by Crippen LogP contribution is -2.12. The van der Waals surface area contributed by atoms with Crippen LogP contribution in [0.15, 0.2) is 46.9 Å². The molecule has 4 nitrogen and oxygen atoms in total. The van der Waals surface area contributed by atoms with Crippen LogP contribution in [0.4, 0.5) is 11.4 Å². The van der Waals surface area contributed by atoms with E-state index in [0.29, 0.717) is 22.7 Å². The molecule has 2 aromatic rings. The number of anilines is 2. The van der Waals surface area contributed by atoms with E-state index in [1.54, 1.807) is 49.6 Å². The zero-order chi connectivity index (χ0) is 13.8. The molecule has 0 aliphatic carbocycles. The molecule has 2 aromatic carbocycles. The van der Waals surface area contributed by atoms with Crippen molar-refractivity contribution in [2.75, 3.05) is 18.2 Å². The Morgan fingerprint density at radius 3 is 2.47 bits per heavy atom. The average molecular weight is 321 g/mol. The highest BCUT2D eigenvalue weighted by Crippen LogP contribution is 2.25. The first-order valence-corrected chi connectivity index (χ1v) is 6.40. The van der Waals surface area contributed by atoms with Gasteiger partial charge in [-0.2, -0.15) is 0 Å². The molecule has 0 heterocycles. The minimum atomic E-state index is -0.187. The van der Waals surface area contributed by atoms with E-state index in [2.05, 4.69) is 21.2 Å². The summed E-state index contributed by atoms with van der Waals surface area (Å²) in [5, 5.41) is 2.81. The first-order valence-electron chi connectivity index (χ1n) is 5.60. The van der Waals surface area contributed by atoms with Crippen molar-refractivity contribution in [1.82, 2.24) is 0 Å². The molecule has 0 saturated carbocycles. The van der Waals surface area contributed by atoms with Gasteiger partial charge in [0.25, 0.3) is 5.91 Å². The van der Waals surface area contributed by atoms with Crippen LogP contribution in [-0.2, 0) is 0 Å². The van der Waals surface area contributed by atoms with Crippen LogP contribution in [0.25, 0.3) is 0 Å². The minimum absolute atomic E-state index is 0.187. The number of nitrogen functional groups attached to an aromatic ring is 1. The summed E-state index contributed by atoms with van der Waals surface area (Å²) in [5.74, 6) is 0.526. The van der Waals surface area contributed by atoms with Gasteiger partial charge in [-0.3, -0.25) is 4.79 Å². The number of halogens is 1. The lowest BCUT2D eigenvalue weighted by Gasteiger charge is -2.08. The van der Waals surface area contributed by atoms with E-state index in [-0.39, 0.29) is 5.91 Å². The first kappa shape index (κ1) is 13.4. The van der Waals surface area contributed by atoms with Gasteiger partial charge in [0.1, 0.15) is 5.75 Å². The zero-order valence-corrected chi connectivity index (χ0v) is 11.9. The number of amides is 1. The average Bonchev–Trinajstić information content (AvgIpc) is 2.42. The molecule has 1 amide bonds. The van der Waals surface area contributed by atoms with E-state index in [0.717, 1.165) is 4.47 Å². The Bertz CT molecular complexity index is 597. The third-order valence-corrected chi connectivity index (χ3v) is 3.25. The van der Waals surface area contributed by atoms with E-state index in [1.807, 2.05) is 0 Å². The second-order valence-electron chi connectivity index (χ2n) is 3.92. The van der Waals surface area contributed by atoms with Gasteiger partial charge in [0.05, 0.1) is 12.8 Å². The van der Waals surface area contributed by atoms with Crippen LogP contribution in [0.2, 0.25) is 0 Å². The molecule has 2 rings (SSSR count). The van der Waals surface area contributed by atoms with Crippen LogP contribution < -0.4 is 15.8 Å². The molecule has 0 spiro atoms. The summed E-state index contributed by atoms with van der Waals surface area (Å²) in [6.07, 6.45) is 0. The van der Waals surface area contributed by atoms with Gasteiger partial charge in [0.2, 0.25) is 0 Å². The number of nitrogens with two attached hydrogens (primary N) is 1. The van der Waals surface area contributed by atoms with Crippen molar-refractivity contribution in [2.24, 2.45) is 0 Å². The highest BCUT2D eigenvalue weighted by atomic mass is 79.9. The van der Waals surface area contributed by atoms with Gasteiger partial charge in [-0.05, 0) is 58.4 Å². The SMILES string of the molecule is COc1ccc(C(=O)Nc2ccc(N)cc2Br)cc1. The molecule has 0 aliphatic heterocycles. The maximum atomic E-state index is 12.0. The number of nitrogens with one attached hydrogen (secondary N) is 1. The van der Waals surface area contributed by atoms with Crippen LogP contribution in [0.5, 0.6) is 5.75 Å². The fraction of sp³-hybridized carbons (Fsp3) is 0.0714. The van der Waals surface area contributed by atoms with Crippen molar-refractivity contribution in [2.45, 2.75) is 0 Å². The van der Waals surface area contributed by atoms with E-state index in [9.17, 15) is 4.79 Å². The summed E-state index contributed by atoms with van der Waals surface area (Å²) in [6.45, 7) is 0. The lowest BCUT2D eigenvalue weighted by molar-refractivity contribution is 0.102. The molecule has 0 saturated heterocycles. The molecule has 0 atom stereocenters. The van der Waals surface area contributed by atoms with E-state index in [4.69, 9.17) is 10.5 Å². The van der Waals surface area contributed by atoms with Gasteiger partial charge in [-0.1, -0.05) is 0 Å². The predicted octanol–water partition coefficient (Wildman–Crippen LogP) is 3.29. The summed E-state index contributed by atoms with van der Waals surface area (Å²) < 4.78 is 5.79. The number of ether oxygens (including phenoxy) is 1. The fourth-order valence-electron chi connectivity index (χ4n) is 1.57. The van der Waals surface area contributed by atoms with Crippen molar-refractivity contribution in [3.05, 3.63) is 52.5 Å². The number of benzene rings is 2. The monoisotopic (exact) mass is 320 g/mol. The molecule has 0 radical (unpaired) electrons. The summed E-state index contributed by atoms with van der Waals surface area (Å²) >= 11 is 3.36. The number of carbonyl (C=O) groups is 1. The normalized spacial score (nSPS) is 10.0. The molecule has 0 fully saturated rings. The Morgan fingerprint density at radius 2 is 1.89 bits per heavy atom. The lowest BCUT2D eigenvalue weighted by atomic mass is 10.2. The van der Waals surface area contributed by atoms with Gasteiger partial charge in [-0.25, -0.2) is 0 Å². The second kappa shape index (κ2) is 5.75. The molecule has 0 aliphatic rings. The standard InChI is InChI=1S/C14H13BrN2O2/c1-19-11-5-2-9(3-6-11)14(18)17-13-7-4-10(16)8-12(13)15/h2-8H,16H2,1H3,(H,17,18). The molecule has 0 aromatic heterocycles. The van der Waals surface area contributed by atoms with Gasteiger partial charge < -0.3 is 15.8 Å². The molecule has 3 N–H and O–H groups in total. The summed E-state index contributed by atoms with van der Waals surface area (Å²) in [7, 11) is 1.58. The Balaban J connectivity index is 2.15. The Morgan fingerprint density at radius 1 is 1.21 bits per heavy atom. The van der Waals surface area contributed by atoms with Crippen LogP contribution in [0, 0.1) is 0 Å². The topological polar surface area (TPSA) is 64.3 Å². The molecule has 98 valence electrons. The quantitative estimate of drug-likeness (QED) is 0.853. The number of rotatable bonds is 3. The third kappa shape index (κ3) is 3.26. The van der Waals surface area contributed by atoms with Crippen LogP contribution in [-0.4, -0.2) is 13.0 Å². The van der Waals surface area contributed by atoms with Gasteiger partial charge in [0.15, 0.2) is 0 Å². The Hall–Kier alpha value is -2.01. The van der Waals surface area contributed by atoms with E-state index >= 15 is 0 Å². The predicted molar refractivity (Wildman–Crippen MR) is 79.5 cm³/mol. The van der Waals surface area contributed by atoms with Gasteiger partial charge in [0, 0.05) is 15.7 Å². The largest absolute Gasteiger partial charge is 0.497 e. The van der Waals surface area contributed by atoms with Gasteiger partial charge in [-0.15, -0.1) is 0 Å². The molecule has 0 unspecified atom stereocenters. The molecular formula is C14H13BrN2O2. The number of hydrogen-bond acceptors (Lipinski definition) is 3. The second-order valence-corrected chi connectivity index (χ2v) is 4.78.